The highest BCUT2D eigenvalue weighted by Crippen LogP contribution is 2.30. The Kier molecular flexibility index (Phi) is 5.68. The van der Waals surface area contributed by atoms with E-state index < -0.39 is 0 Å². The highest BCUT2D eigenvalue weighted by atomic mass is 16.5. The average Bonchev–Trinajstić information content (AvgIpc) is 2.49. The van der Waals surface area contributed by atoms with Crippen LogP contribution in [0.3, 0.4) is 0 Å². The zero-order valence-corrected chi connectivity index (χ0v) is 13.2. The number of hydrogen-bond acceptors (Lipinski definition) is 2. The lowest BCUT2D eigenvalue weighted by atomic mass is 10.0. The normalized spacial score (nSPS) is 12.2. The minimum atomic E-state index is 0.175. The molecule has 1 N–H and O–H groups in total. The molecular formula is C19H25NO. The summed E-state index contributed by atoms with van der Waals surface area (Å²) in [6.07, 6.45) is 2.41. The molecule has 2 nitrogen and oxygen atoms in total. The van der Waals surface area contributed by atoms with E-state index in [1.54, 1.807) is 0 Å². The van der Waals surface area contributed by atoms with Gasteiger partial charge < -0.3 is 10.1 Å². The Morgan fingerprint density at radius 3 is 2.29 bits per heavy atom. The number of ether oxygens (including phenoxy) is 1. The smallest absolute Gasteiger partial charge is 0.142 e. The molecule has 0 saturated carbocycles. The second-order valence-corrected chi connectivity index (χ2v) is 5.56. The van der Waals surface area contributed by atoms with E-state index in [4.69, 9.17) is 4.74 Å². The summed E-state index contributed by atoms with van der Waals surface area (Å²) in [5.74, 6) is 0.921. The third-order valence-corrected chi connectivity index (χ3v) is 3.36. The fraction of sp³-hybridized carbons (Fsp3) is 0.368. The van der Waals surface area contributed by atoms with Crippen LogP contribution in [0, 0.1) is 0 Å². The van der Waals surface area contributed by atoms with Crippen LogP contribution in [-0.4, -0.2) is 6.10 Å². The van der Waals surface area contributed by atoms with Crippen molar-refractivity contribution in [3.8, 4) is 5.75 Å². The molecule has 0 spiro atoms. The monoisotopic (exact) mass is 283 g/mol. The van der Waals surface area contributed by atoms with E-state index in [0.29, 0.717) is 6.04 Å². The Morgan fingerprint density at radius 2 is 1.62 bits per heavy atom. The third-order valence-electron chi connectivity index (χ3n) is 3.36. The van der Waals surface area contributed by atoms with Crippen molar-refractivity contribution in [2.75, 3.05) is 5.32 Å². The van der Waals surface area contributed by atoms with Gasteiger partial charge in [-0.2, -0.15) is 0 Å². The van der Waals surface area contributed by atoms with Gasteiger partial charge in [-0.15, -0.1) is 0 Å². The Balaban J connectivity index is 2.21. The summed E-state index contributed by atoms with van der Waals surface area (Å²) in [7, 11) is 0. The van der Waals surface area contributed by atoms with E-state index in [0.717, 1.165) is 24.3 Å². The first kappa shape index (κ1) is 15.4. The topological polar surface area (TPSA) is 21.3 Å². The summed E-state index contributed by atoms with van der Waals surface area (Å²) in [6.45, 7) is 6.32. The van der Waals surface area contributed by atoms with Crippen LogP contribution in [0.2, 0.25) is 0 Å². The first-order valence-corrected chi connectivity index (χ1v) is 7.78. The van der Waals surface area contributed by atoms with E-state index in [1.807, 2.05) is 18.2 Å². The van der Waals surface area contributed by atoms with Crippen molar-refractivity contribution < 1.29 is 4.74 Å². The maximum absolute atomic E-state index is 5.90. The molecule has 0 aliphatic carbocycles. The Labute approximate surface area is 128 Å². The zero-order valence-electron chi connectivity index (χ0n) is 13.2. The fourth-order valence-corrected chi connectivity index (χ4v) is 2.43. The molecule has 2 aromatic carbocycles. The van der Waals surface area contributed by atoms with E-state index >= 15 is 0 Å². The number of anilines is 1. The van der Waals surface area contributed by atoms with Crippen LogP contribution in [-0.2, 0) is 0 Å². The molecule has 1 unspecified atom stereocenters. The van der Waals surface area contributed by atoms with Gasteiger partial charge in [-0.1, -0.05) is 55.8 Å². The molecule has 0 amide bonds. The van der Waals surface area contributed by atoms with Crippen LogP contribution in [0.25, 0.3) is 0 Å². The van der Waals surface area contributed by atoms with Gasteiger partial charge in [-0.25, -0.2) is 0 Å². The zero-order chi connectivity index (χ0) is 15.1. The molecule has 0 saturated heterocycles. The van der Waals surface area contributed by atoms with Crippen LogP contribution in [0.15, 0.2) is 54.6 Å². The molecule has 0 radical (unpaired) electrons. The second kappa shape index (κ2) is 7.72. The predicted octanol–water partition coefficient (Wildman–Crippen LogP) is 5.43. The summed E-state index contributed by atoms with van der Waals surface area (Å²) in [5, 5.41) is 3.65. The number of benzene rings is 2. The van der Waals surface area contributed by atoms with Crippen molar-refractivity contribution in [3.63, 3.8) is 0 Å². The predicted molar refractivity (Wildman–Crippen MR) is 89.9 cm³/mol. The molecule has 0 aliphatic heterocycles. The van der Waals surface area contributed by atoms with Gasteiger partial charge >= 0.3 is 0 Å². The minimum absolute atomic E-state index is 0.175. The van der Waals surface area contributed by atoms with Gasteiger partial charge in [-0.3, -0.25) is 0 Å². The molecule has 2 aromatic rings. The summed E-state index contributed by atoms with van der Waals surface area (Å²) < 4.78 is 5.90. The first-order valence-electron chi connectivity index (χ1n) is 7.78. The van der Waals surface area contributed by atoms with Gasteiger partial charge in [0.2, 0.25) is 0 Å². The van der Waals surface area contributed by atoms with E-state index in [1.165, 1.54) is 5.56 Å². The third kappa shape index (κ3) is 4.52. The average molecular weight is 283 g/mol. The molecule has 0 bridgehead atoms. The second-order valence-electron chi connectivity index (χ2n) is 5.56. The molecule has 2 rings (SSSR count). The van der Waals surface area contributed by atoms with Crippen LogP contribution in [0.4, 0.5) is 5.69 Å². The highest BCUT2D eigenvalue weighted by molar-refractivity contribution is 5.57. The lowest BCUT2D eigenvalue weighted by molar-refractivity contribution is 0.243. The largest absolute Gasteiger partial charge is 0.489 e. The van der Waals surface area contributed by atoms with Crippen LogP contribution in [0.1, 0.15) is 45.2 Å². The Bertz CT molecular complexity index is 536. The number of rotatable bonds is 7. The number of nitrogens with one attached hydrogen (secondary N) is 1. The molecule has 0 aromatic heterocycles. The van der Waals surface area contributed by atoms with Crippen LogP contribution < -0.4 is 10.1 Å². The van der Waals surface area contributed by atoms with Crippen molar-refractivity contribution in [2.24, 2.45) is 0 Å². The fourth-order valence-electron chi connectivity index (χ4n) is 2.43. The van der Waals surface area contributed by atoms with Crippen molar-refractivity contribution in [1.82, 2.24) is 0 Å². The van der Waals surface area contributed by atoms with Crippen molar-refractivity contribution in [1.29, 1.82) is 0 Å². The minimum Gasteiger partial charge on any atom is -0.489 e. The lowest BCUT2D eigenvalue weighted by Gasteiger charge is -2.22. The van der Waals surface area contributed by atoms with Gasteiger partial charge in [-0.05, 0) is 38.0 Å². The molecule has 1 atom stereocenters. The maximum atomic E-state index is 5.90. The lowest BCUT2D eigenvalue weighted by Crippen LogP contribution is -2.13. The number of hydrogen-bond donors (Lipinski definition) is 1. The molecular weight excluding hydrogens is 258 g/mol. The van der Waals surface area contributed by atoms with E-state index in [9.17, 15) is 0 Å². The van der Waals surface area contributed by atoms with E-state index in [-0.39, 0.29) is 6.10 Å². The summed E-state index contributed by atoms with van der Waals surface area (Å²) in [5.41, 5.74) is 2.38. The molecule has 21 heavy (non-hydrogen) atoms. The van der Waals surface area contributed by atoms with Crippen molar-refractivity contribution in [3.05, 3.63) is 60.2 Å². The molecule has 0 fully saturated rings. The van der Waals surface area contributed by atoms with Crippen molar-refractivity contribution in [2.45, 2.75) is 45.8 Å². The molecule has 0 aliphatic rings. The van der Waals surface area contributed by atoms with Crippen LogP contribution >= 0.6 is 0 Å². The van der Waals surface area contributed by atoms with Gasteiger partial charge in [0.15, 0.2) is 0 Å². The highest BCUT2D eigenvalue weighted by Gasteiger charge is 2.13. The maximum Gasteiger partial charge on any atom is 0.142 e. The Hall–Kier alpha value is -1.96. The first-order chi connectivity index (χ1) is 10.2. The standard InChI is InChI=1S/C19H25NO/c1-4-10-17(16-11-6-5-7-12-16)20-18-13-8-9-14-19(18)21-15(2)3/h5-9,11-15,17,20H,4,10H2,1-3H3. The van der Waals surface area contributed by atoms with Crippen LogP contribution in [0.5, 0.6) is 5.75 Å². The summed E-state index contributed by atoms with van der Waals surface area (Å²) >= 11 is 0. The van der Waals surface area contributed by atoms with Crippen molar-refractivity contribution >= 4 is 5.69 Å². The molecule has 2 heteroatoms. The Morgan fingerprint density at radius 1 is 0.952 bits per heavy atom. The summed E-state index contributed by atoms with van der Waals surface area (Å²) in [6, 6.07) is 19.1. The SMILES string of the molecule is CCCC(Nc1ccccc1OC(C)C)c1ccccc1. The molecule has 0 heterocycles. The molecule has 112 valence electrons. The van der Waals surface area contributed by atoms with Gasteiger partial charge in [0.05, 0.1) is 17.8 Å². The quantitative estimate of drug-likeness (QED) is 0.732. The summed E-state index contributed by atoms with van der Waals surface area (Å²) in [4.78, 5) is 0. The van der Waals surface area contributed by atoms with E-state index in [2.05, 4.69) is 62.5 Å². The van der Waals surface area contributed by atoms with Gasteiger partial charge in [0.25, 0.3) is 0 Å². The number of para-hydroxylation sites is 2. The van der Waals surface area contributed by atoms with Gasteiger partial charge in [0, 0.05) is 0 Å². The van der Waals surface area contributed by atoms with Gasteiger partial charge in [0.1, 0.15) is 5.75 Å².